The standard InChI is InChI=1S/2C9H15.Ni/c2*1-3-5-7-9-8-6-4-2;/h2*3,5-9H2,1H3;/q2*-1;+2. The van der Waals surface area contributed by atoms with Crippen molar-refractivity contribution in [1.29, 1.82) is 0 Å². The first-order valence-electron chi connectivity index (χ1n) is 7.62. The zero-order valence-corrected chi connectivity index (χ0v) is 13.8. The van der Waals surface area contributed by atoms with Crippen molar-refractivity contribution in [3.8, 4) is 11.8 Å². The molecule has 0 radical (unpaired) electrons. The SMILES string of the molecule is [C-]#CCCCCCCC.[C-]#CCCCCCCC.[Ni+2]. The second-order valence-corrected chi connectivity index (χ2v) is 4.68. The molecule has 0 rings (SSSR count). The first-order chi connectivity index (χ1) is 8.83. The maximum absolute atomic E-state index is 6.63. The average molecular weight is 305 g/mol. The molecule has 0 aromatic rings. The van der Waals surface area contributed by atoms with Crippen LogP contribution in [-0.2, 0) is 16.5 Å². The maximum Gasteiger partial charge on any atom is 2.00 e. The Morgan fingerprint density at radius 1 is 0.579 bits per heavy atom. The van der Waals surface area contributed by atoms with Gasteiger partial charge in [0.2, 0.25) is 0 Å². The Hall–Kier alpha value is -0.386. The van der Waals surface area contributed by atoms with Gasteiger partial charge >= 0.3 is 16.5 Å². The van der Waals surface area contributed by atoms with Gasteiger partial charge in [-0.25, -0.2) is 0 Å². The van der Waals surface area contributed by atoms with E-state index in [9.17, 15) is 0 Å². The summed E-state index contributed by atoms with van der Waals surface area (Å²) in [6.45, 7) is 4.42. The minimum atomic E-state index is 0. The molecule has 112 valence electrons. The molecule has 0 nitrogen and oxygen atoms in total. The van der Waals surface area contributed by atoms with Gasteiger partial charge in [0, 0.05) is 0 Å². The van der Waals surface area contributed by atoms with Crippen LogP contribution in [0.4, 0.5) is 0 Å². The molecule has 0 aromatic carbocycles. The van der Waals surface area contributed by atoms with E-state index < -0.39 is 0 Å². The molecule has 0 saturated heterocycles. The summed E-state index contributed by atoms with van der Waals surface area (Å²) in [6.07, 6.45) is 27.8. The summed E-state index contributed by atoms with van der Waals surface area (Å²) in [4.78, 5) is 0. The summed E-state index contributed by atoms with van der Waals surface area (Å²) in [5.74, 6) is 4.79. The molecule has 0 N–H and O–H groups in total. The molecule has 0 aromatic heterocycles. The smallest absolute Gasteiger partial charge is 0.694 e. The van der Waals surface area contributed by atoms with E-state index in [4.69, 9.17) is 12.8 Å². The van der Waals surface area contributed by atoms with Gasteiger partial charge < -0.3 is 24.7 Å². The van der Waals surface area contributed by atoms with Crippen LogP contribution >= 0.6 is 0 Å². The van der Waals surface area contributed by atoms with Gasteiger partial charge in [-0.1, -0.05) is 65.2 Å². The van der Waals surface area contributed by atoms with Gasteiger partial charge in [0.1, 0.15) is 0 Å². The second kappa shape index (κ2) is 26.2. The van der Waals surface area contributed by atoms with E-state index in [0.717, 1.165) is 25.7 Å². The van der Waals surface area contributed by atoms with Crippen LogP contribution in [0.15, 0.2) is 0 Å². The van der Waals surface area contributed by atoms with Crippen molar-refractivity contribution in [2.45, 2.75) is 90.9 Å². The molecule has 0 atom stereocenters. The van der Waals surface area contributed by atoms with Crippen LogP contribution in [0, 0.1) is 24.7 Å². The fourth-order valence-corrected chi connectivity index (χ4v) is 1.63. The molecule has 0 fully saturated rings. The fraction of sp³-hybridized carbons (Fsp3) is 0.778. The van der Waals surface area contributed by atoms with Gasteiger partial charge in [-0.15, -0.1) is 0 Å². The van der Waals surface area contributed by atoms with Crippen LogP contribution < -0.4 is 0 Å². The Bertz CT molecular complexity index is 183. The van der Waals surface area contributed by atoms with Gasteiger partial charge in [0.15, 0.2) is 0 Å². The van der Waals surface area contributed by atoms with Crippen molar-refractivity contribution in [3.63, 3.8) is 0 Å². The van der Waals surface area contributed by atoms with E-state index in [1.165, 1.54) is 51.4 Å². The molecule has 0 aliphatic heterocycles. The number of hydrogen-bond acceptors (Lipinski definition) is 0. The van der Waals surface area contributed by atoms with Gasteiger partial charge in [-0.2, -0.15) is 0 Å². The van der Waals surface area contributed by atoms with Crippen molar-refractivity contribution >= 4 is 0 Å². The Labute approximate surface area is 132 Å². The van der Waals surface area contributed by atoms with Gasteiger partial charge in [-0.05, 0) is 25.7 Å². The number of unbranched alkanes of at least 4 members (excludes halogenated alkanes) is 10. The van der Waals surface area contributed by atoms with Crippen LogP contribution in [0.1, 0.15) is 90.9 Å². The molecule has 0 spiro atoms. The summed E-state index contributed by atoms with van der Waals surface area (Å²) < 4.78 is 0. The molecule has 0 aliphatic rings. The van der Waals surface area contributed by atoms with Crippen LogP contribution in [-0.4, -0.2) is 0 Å². The van der Waals surface area contributed by atoms with E-state index in [1.807, 2.05) is 0 Å². The van der Waals surface area contributed by atoms with Gasteiger partial charge in [-0.3, -0.25) is 0 Å². The van der Waals surface area contributed by atoms with Gasteiger partial charge in [0.05, 0.1) is 0 Å². The first kappa shape index (κ1) is 23.7. The van der Waals surface area contributed by atoms with E-state index in [0.29, 0.717) is 0 Å². The van der Waals surface area contributed by atoms with E-state index in [-0.39, 0.29) is 16.5 Å². The number of hydrogen-bond donors (Lipinski definition) is 0. The molecule has 1 heteroatoms. The first-order valence-corrected chi connectivity index (χ1v) is 7.62. The Morgan fingerprint density at radius 3 is 1.16 bits per heavy atom. The van der Waals surface area contributed by atoms with Crippen molar-refractivity contribution in [2.24, 2.45) is 0 Å². The Balaban J connectivity index is -0.000000256. The fourth-order valence-electron chi connectivity index (χ4n) is 1.63. The van der Waals surface area contributed by atoms with Crippen molar-refractivity contribution in [1.82, 2.24) is 0 Å². The topological polar surface area (TPSA) is 0 Å². The molecule has 0 saturated carbocycles. The molecule has 0 heterocycles. The van der Waals surface area contributed by atoms with Crippen LogP contribution in [0.25, 0.3) is 0 Å². The minimum absolute atomic E-state index is 0. The minimum Gasteiger partial charge on any atom is -0.694 e. The van der Waals surface area contributed by atoms with Crippen molar-refractivity contribution in [3.05, 3.63) is 12.8 Å². The third-order valence-corrected chi connectivity index (χ3v) is 2.81. The zero-order valence-electron chi connectivity index (χ0n) is 12.8. The second-order valence-electron chi connectivity index (χ2n) is 4.68. The van der Waals surface area contributed by atoms with Crippen LogP contribution in [0.3, 0.4) is 0 Å². The van der Waals surface area contributed by atoms with E-state index in [1.54, 1.807) is 0 Å². The Morgan fingerprint density at radius 2 is 0.895 bits per heavy atom. The van der Waals surface area contributed by atoms with Gasteiger partial charge in [0.25, 0.3) is 0 Å². The molecule has 0 unspecified atom stereocenters. The van der Waals surface area contributed by atoms with Crippen molar-refractivity contribution in [2.75, 3.05) is 0 Å². The van der Waals surface area contributed by atoms with Crippen molar-refractivity contribution < 1.29 is 16.5 Å². The molecule has 0 aliphatic carbocycles. The largest absolute Gasteiger partial charge is 2.00 e. The molecule has 0 bridgehead atoms. The van der Waals surface area contributed by atoms with Crippen LogP contribution in [0.5, 0.6) is 0 Å². The summed E-state index contributed by atoms with van der Waals surface area (Å²) in [6, 6.07) is 0. The average Bonchev–Trinajstić information content (AvgIpc) is 2.39. The zero-order chi connectivity index (χ0) is 13.9. The molecular formula is C18H30Ni. The predicted octanol–water partition coefficient (Wildman–Crippen LogP) is 5.87. The summed E-state index contributed by atoms with van der Waals surface area (Å²) in [5.41, 5.74) is 0. The molecule has 0 amide bonds. The molecule has 19 heavy (non-hydrogen) atoms. The summed E-state index contributed by atoms with van der Waals surface area (Å²) >= 11 is 0. The van der Waals surface area contributed by atoms with E-state index >= 15 is 0 Å². The predicted molar refractivity (Wildman–Crippen MR) is 81.0 cm³/mol. The third kappa shape index (κ3) is 31.8. The third-order valence-electron chi connectivity index (χ3n) is 2.81. The quantitative estimate of drug-likeness (QED) is 0.205. The van der Waals surface area contributed by atoms with E-state index in [2.05, 4.69) is 25.7 Å². The number of rotatable bonds is 10. The monoisotopic (exact) mass is 304 g/mol. The Kier molecular flexibility index (Phi) is 32.7. The summed E-state index contributed by atoms with van der Waals surface area (Å²) in [5, 5.41) is 0. The maximum atomic E-state index is 6.63. The normalized spacial score (nSPS) is 8.42. The summed E-state index contributed by atoms with van der Waals surface area (Å²) in [7, 11) is 0. The molecular weight excluding hydrogens is 275 g/mol. The van der Waals surface area contributed by atoms with Crippen LogP contribution in [0.2, 0.25) is 0 Å².